The van der Waals surface area contributed by atoms with E-state index in [1.54, 1.807) is 47.9 Å². The predicted octanol–water partition coefficient (Wildman–Crippen LogP) is 3.40. The first-order valence-corrected chi connectivity index (χ1v) is 12.8. The van der Waals surface area contributed by atoms with E-state index in [0.717, 1.165) is 11.3 Å². The van der Waals surface area contributed by atoms with Gasteiger partial charge >= 0.3 is 18.1 Å². The molecule has 1 aromatic heterocycles. The Morgan fingerprint density at radius 3 is 2.56 bits per heavy atom. The fourth-order valence-corrected chi connectivity index (χ4v) is 4.60. The fourth-order valence-electron chi connectivity index (χ4n) is 4.60. The number of carbonyl (C=O) groups is 3. The molecule has 204 valence electrons. The molecule has 2 saturated heterocycles. The van der Waals surface area contributed by atoms with E-state index in [9.17, 15) is 14.4 Å². The smallest absolute Gasteiger partial charge is 0.414 e. The first-order chi connectivity index (χ1) is 18.9. The molecule has 0 bridgehead atoms. The molecule has 1 unspecified atom stereocenters. The van der Waals surface area contributed by atoms with Gasteiger partial charge in [0.05, 0.1) is 18.7 Å². The van der Waals surface area contributed by atoms with Crippen LogP contribution >= 0.6 is 0 Å². The number of carbonyl (C=O) groups excluding carboxylic acids is 3. The average Bonchev–Trinajstić information content (AvgIpc) is 3.54. The largest absolute Gasteiger partial charge is 0.462 e. The van der Waals surface area contributed by atoms with Gasteiger partial charge in [-0.05, 0) is 49.4 Å². The summed E-state index contributed by atoms with van der Waals surface area (Å²) in [6, 6.07) is 13.8. The van der Waals surface area contributed by atoms with Gasteiger partial charge in [0, 0.05) is 56.6 Å². The molecule has 3 aromatic rings. The summed E-state index contributed by atoms with van der Waals surface area (Å²) in [5.74, 6) is 0.561. The second kappa shape index (κ2) is 11.5. The Hall–Kier alpha value is -4.45. The van der Waals surface area contributed by atoms with Crippen LogP contribution in [0.2, 0.25) is 0 Å². The number of cyclic esters (lactones) is 1. The van der Waals surface area contributed by atoms with Crippen molar-refractivity contribution in [1.29, 1.82) is 0 Å². The number of piperazine rings is 1. The number of aryl methyl sites for hydroxylation is 1. The highest BCUT2D eigenvalue weighted by Crippen LogP contribution is 2.25. The van der Waals surface area contributed by atoms with Gasteiger partial charge in [0.25, 0.3) is 0 Å². The third-order valence-electron chi connectivity index (χ3n) is 6.59. The van der Waals surface area contributed by atoms with Crippen LogP contribution in [0.3, 0.4) is 0 Å². The van der Waals surface area contributed by atoms with Crippen molar-refractivity contribution in [3.8, 4) is 11.4 Å². The van der Waals surface area contributed by atoms with Crippen molar-refractivity contribution in [2.24, 2.45) is 0 Å². The van der Waals surface area contributed by atoms with Gasteiger partial charge in [0.15, 0.2) is 0 Å². The third-order valence-corrected chi connectivity index (χ3v) is 6.59. The number of anilines is 2. The van der Waals surface area contributed by atoms with Crippen LogP contribution in [-0.2, 0) is 9.47 Å². The topological polar surface area (TPSA) is 130 Å². The molecule has 0 radical (unpaired) electrons. The van der Waals surface area contributed by atoms with Gasteiger partial charge in [-0.2, -0.15) is 4.98 Å². The number of aromatic nitrogens is 2. The molecule has 12 heteroatoms. The van der Waals surface area contributed by atoms with E-state index >= 15 is 0 Å². The van der Waals surface area contributed by atoms with Crippen LogP contribution in [0.4, 0.5) is 21.0 Å². The minimum absolute atomic E-state index is 0.228. The maximum atomic E-state index is 12.8. The number of urea groups is 1. The lowest BCUT2D eigenvalue weighted by molar-refractivity contribution is 0.0526. The molecule has 2 fully saturated rings. The number of benzene rings is 2. The second-order valence-electron chi connectivity index (χ2n) is 9.32. The zero-order valence-corrected chi connectivity index (χ0v) is 21.8. The van der Waals surface area contributed by atoms with Gasteiger partial charge in [-0.3, -0.25) is 9.80 Å². The Bertz CT molecular complexity index is 1330. The van der Waals surface area contributed by atoms with Crippen molar-refractivity contribution >= 4 is 29.5 Å². The van der Waals surface area contributed by atoms with Crippen LogP contribution in [0.15, 0.2) is 53.1 Å². The number of hydrogen-bond donors (Lipinski definition) is 1. The molecular formula is C27H30N6O6. The average molecular weight is 535 g/mol. The first-order valence-electron chi connectivity index (χ1n) is 12.8. The molecule has 3 amide bonds. The van der Waals surface area contributed by atoms with Gasteiger partial charge in [-0.1, -0.05) is 11.2 Å². The molecule has 2 aromatic carbocycles. The molecule has 39 heavy (non-hydrogen) atoms. The standard InChI is InChI=1S/C27H30N6O6/c1-3-37-25(34)20-5-4-6-21(15-20)29-26(35)32-13-11-31(12-14-32)16-23-17-33(27(36)38-23)22-9-7-19(8-10-22)24-28-18(2)39-30-24/h4-10,15,23H,3,11-14,16-17H2,1-2H3,(H,29,35). The predicted molar refractivity (Wildman–Crippen MR) is 142 cm³/mol. The summed E-state index contributed by atoms with van der Waals surface area (Å²) in [7, 11) is 0. The Balaban J connectivity index is 1.09. The highest BCUT2D eigenvalue weighted by atomic mass is 16.6. The van der Waals surface area contributed by atoms with E-state index < -0.39 is 5.97 Å². The van der Waals surface area contributed by atoms with Crippen molar-refractivity contribution < 1.29 is 28.4 Å². The van der Waals surface area contributed by atoms with Crippen LogP contribution in [-0.4, -0.2) is 90.0 Å². The summed E-state index contributed by atoms with van der Waals surface area (Å²) in [4.78, 5) is 47.0. The monoisotopic (exact) mass is 534 g/mol. The third kappa shape index (κ3) is 6.17. The number of rotatable bonds is 7. The lowest BCUT2D eigenvalue weighted by atomic mass is 10.2. The number of ether oxygens (including phenoxy) is 2. The second-order valence-corrected chi connectivity index (χ2v) is 9.32. The highest BCUT2D eigenvalue weighted by molar-refractivity contribution is 5.94. The minimum Gasteiger partial charge on any atom is -0.462 e. The highest BCUT2D eigenvalue weighted by Gasteiger charge is 2.34. The first kappa shape index (κ1) is 26.2. The molecular weight excluding hydrogens is 504 g/mol. The van der Waals surface area contributed by atoms with E-state index in [0.29, 0.717) is 62.2 Å². The van der Waals surface area contributed by atoms with E-state index in [-0.39, 0.29) is 24.8 Å². The van der Waals surface area contributed by atoms with E-state index in [1.807, 2.05) is 24.3 Å². The van der Waals surface area contributed by atoms with Crippen LogP contribution in [0.1, 0.15) is 23.2 Å². The zero-order valence-electron chi connectivity index (χ0n) is 21.8. The molecule has 0 spiro atoms. The lowest BCUT2D eigenvalue weighted by Crippen LogP contribution is -2.51. The molecule has 5 rings (SSSR count). The SMILES string of the molecule is CCOC(=O)c1cccc(NC(=O)N2CCN(CC3CN(c4ccc(-c5noc(C)n5)cc4)C(=O)O3)CC2)c1. The van der Waals surface area contributed by atoms with Gasteiger partial charge in [0.2, 0.25) is 11.7 Å². The molecule has 12 nitrogen and oxygen atoms in total. The van der Waals surface area contributed by atoms with E-state index in [4.69, 9.17) is 14.0 Å². The zero-order chi connectivity index (χ0) is 27.4. The van der Waals surface area contributed by atoms with Crippen molar-refractivity contribution in [3.05, 3.63) is 60.0 Å². The van der Waals surface area contributed by atoms with Crippen LogP contribution < -0.4 is 10.2 Å². The summed E-state index contributed by atoms with van der Waals surface area (Å²) in [5.41, 5.74) is 2.46. The normalized spacial score (nSPS) is 17.7. The molecule has 0 saturated carbocycles. The Kier molecular flexibility index (Phi) is 7.73. The van der Waals surface area contributed by atoms with Crippen LogP contribution in [0.5, 0.6) is 0 Å². The summed E-state index contributed by atoms with van der Waals surface area (Å²) in [6.07, 6.45) is -0.658. The van der Waals surface area contributed by atoms with Crippen molar-refractivity contribution in [2.45, 2.75) is 20.0 Å². The Labute approximate surface area is 225 Å². The number of nitrogens with zero attached hydrogens (tertiary/aromatic N) is 5. The fraction of sp³-hybridized carbons (Fsp3) is 0.370. The molecule has 3 heterocycles. The molecule has 1 atom stereocenters. The van der Waals surface area contributed by atoms with Crippen molar-refractivity contribution in [2.75, 3.05) is 56.1 Å². The summed E-state index contributed by atoms with van der Waals surface area (Å²) >= 11 is 0. The number of nitrogens with one attached hydrogen (secondary N) is 1. The maximum absolute atomic E-state index is 12.8. The number of esters is 1. The van der Waals surface area contributed by atoms with Gasteiger partial charge in [0.1, 0.15) is 6.10 Å². The van der Waals surface area contributed by atoms with Gasteiger partial charge < -0.3 is 24.2 Å². The molecule has 2 aliphatic rings. The molecule has 2 aliphatic heterocycles. The summed E-state index contributed by atoms with van der Waals surface area (Å²) < 4.78 is 15.7. The maximum Gasteiger partial charge on any atom is 0.414 e. The van der Waals surface area contributed by atoms with Crippen LogP contribution in [0.25, 0.3) is 11.4 Å². The Morgan fingerprint density at radius 1 is 1.10 bits per heavy atom. The lowest BCUT2D eigenvalue weighted by Gasteiger charge is -2.35. The summed E-state index contributed by atoms with van der Waals surface area (Å²) in [6.45, 7) is 7.16. The number of hydrogen-bond acceptors (Lipinski definition) is 9. The minimum atomic E-state index is -0.427. The van der Waals surface area contributed by atoms with Crippen molar-refractivity contribution in [1.82, 2.24) is 19.9 Å². The summed E-state index contributed by atoms with van der Waals surface area (Å²) in [5, 5.41) is 6.77. The quantitative estimate of drug-likeness (QED) is 0.453. The van der Waals surface area contributed by atoms with Crippen molar-refractivity contribution in [3.63, 3.8) is 0 Å². The van der Waals surface area contributed by atoms with Crippen LogP contribution in [0, 0.1) is 6.92 Å². The molecule has 1 N–H and O–H groups in total. The molecule has 0 aliphatic carbocycles. The van der Waals surface area contributed by atoms with E-state index in [1.165, 1.54) is 0 Å². The van der Waals surface area contributed by atoms with Gasteiger partial charge in [-0.25, -0.2) is 14.4 Å². The Morgan fingerprint density at radius 2 is 1.87 bits per heavy atom. The van der Waals surface area contributed by atoms with E-state index in [2.05, 4.69) is 20.4 Å². The van der Waals surface area contributed by atoms with Gasteiger partial charge in [-0.15, -0.1) is 0 Å². The number of amides is 3.